The molecule has 0 heterocycles. The molecule has 0 aliphatic carbocycles. The summed E-state index contributed by atoms with van der Waals surface area (Å²) in [6.07, 6.45) is 0.603. The fraction of sp³-hybridized carbons (Fsp3) is 0.533. The number of hydrogen-bond donors (Lipinski definition) is 3. The zero-order valence-corrected chi connectivity index (χ0v) is 14.6. The van der Waals surface area contributed by atoms with E-state index < -0.39 is 10.0 Å². The van der Waals surface area contributed by atoms with Crippen LogP contribution in [0.2, 0.25) is 0 Å². The first kappa shape index (κ1) is 19.4. The normalized spacial score (nSPS) is 11.5. The maximum atomic E-state index is 12.1. The van der Waals surface area contributed by atoms with Gasteiger partial charge >= 0.3 is 6.03 Å². The van der Waals surface area contributed by atoms with Gasteiger partial charge in [-0.15, -0.1) is 0 Å². The fourth-order valence-electron chi connectivity index (χ4n) is 1.70. The largest absolute Gasteiger partial charge is 0.385 e. The summed E-state index contributed by atoms with van der Waals surface area (Å²) in [6.45, 7) is 5.38. The molecule has 2 amide bonds. The Morgan fingerprint density at radius 2 is 1.87 bits per heavy atom. The molecule has 0 spiro atoms. The van der Waals surface area contributed by atoms with Gasteiger partial charge in [-0.2, -0.15) is 0 Å². The molecule has 0 aliphatic rings. The standard InChI is InChI=1S/C15H25N3O4S/c1-12(2)11-16-15(19)18-13-5-7-14(8-6-13)23(20,21)17-9-4-10-22-3/h5-8,12,17H,4,9-11H2,1-3H3,(H2,16,18,19). The molecule has 0 unspecified atom stereocenters. The highest BCUT2D eigenvalue weighted by molar-refractivity contribution is 7.89. The van der Waals surface area contributed by atoms with Gasteiger partial charge in [0.05, 0.1) is 4.90 Å². The van der Waals surface area contributed by atoms with Crippen molar-refractivity contribution in [2.45, 2.75) is 25.2 Å². The Kier molecular flexibility index (Phi) is 8.01. The molecule has 1 rings (SSSR count). The van der Waals surface area contributed by atoms with Gasteiger partial charge < -0.3 is 15.4 Å². The molecular formula is C15H25N3O4S. The van der Waals surface area contributed by atoms with Crippen molar-refractivity contribution in [2.24, 2.45) is 5.92 Å². The lowest BCUT2D eigenvalue weighted by Crippen LogP contribution is -2.31. The SMILES string of the molecule is COCCCNS(=O)(=O)c1ccc(NC(=O)NCC(C)C)cc1. The fourth-order valence-corrected chi connectivity index (χ4v) is 2.77. The van der Waals surface area contributed by atoms with E-state index in [0.717, 1.165) is 0 Å². The van der Waals surface area contributed by atoms with Crippen molar-refractivity contribution in [1.82, 2.24) is 10.0 Å². The zero-order chi connectivity index (χ0) is 17.3. The predicted octanol–water partition coefficient (Wildman–Crippen LogP) is 1.78. The van der Waals surface area contributed by atoms with Crippen LogP contribution in [0.15, 0.2) is 29.2 Å². The van der Waals surface area contributed by atoms with Gasteiger partial charge in [-0.05, 0) is 36.6 Å². The van der Waals surface area contributed by atoms with Crippen molar-refractivity contribution in [1.29, 1.82) is 0 Å². The van der Waals surface area contributed by atoms with Crippen LogP contribution in [0.5, 0.6) is 0 Å². The highest BCUT2D eigenvalue weighted by atomic mass is 32.2. The van der Waals surface area contributed by atoms with E-state index in [2.05, 4.69) is 15.4 Å². The summed E-state index contributed by atoms with van der Waals surface area (Å²) in [6, 6.07) is 5.71. The summed E-state index contributed by atoms with van der Waals surface area (Å²) >= 11 is 0. The summed E-state index contributed by atoms with van der Waals surface area (Å²) < 4.78 is 31.5. The average Bonchev–Trinajstić information content (AvgIpc) is 2.50. The zero-order valence-electron chi connectivity index (χ0n) is 13.8. The van der Waals surface area contributed by atoms with Crippen molar-refractivity contribution >= 4 is 21.7 Å². The second kappa shape index (κ2) is 9.49. The van der Waals surface area contributed by atoms with Gasteiger partial charge in [0.15, 0.2) is 0 Å². The third-order valence-corrected chi connectivity index (χ3v) is 4.39. The number of carbonyl (C=O) groups is 1. The lowest BCUT2D eigenvalue weighted by molar-refractivity contribution is 0.196. The van der Waals surface area contributed by atoms with Crippen molar-refractivity contribution in [3.05, 3.63) is 24.3 Å². The summed E-state index contributed by atoms with van der Waals surface area (Å²) in [5.41, 5.74) is 0.532. The maximum absolute atomic E-state index is 12.1. The summed E-state index contributed by atoms with van der Waals surface area (Å²) in [7, 11) is -1.97. The molecule has 1 aromatic carbocycles. The van der Waals surface area contributed by atoms with Gasteiger partial charge in [0, 0.05) is 32.5 Å². The molecule has 0 saturated heterocycles. The Balaban J connectivity index is 2.56. The van der Waals surface area contributed by atoms with Crippen molar-refractivity contribution in [2.75, 3.05) is 32.1 Å². The molecule has 3 N–H and O–H groups in total. The van der Waals surface area contributed by atoms with Crippen molar-refractivity contribution in [3.63, 3.8) is 0 Å². The van der Waals surface area contributed by atoms with Crippen LogP contribution in [0.25, 0.3) is 0 Å². The van der Waals surface area contributed by atoms with Crippen LogP contribution < -0.4 is 15.4 Å². The molecule has 0 aromatic heterocycles. The number of rotatable bonds is 9. The number of nitrogens with one attached hydrogen (secondary N) is 3. The maximum Gasteiger partial charge on any atom is 0.319 e. The molecule has 1 aromatic rings. The van der Waals surface area contributed by atoms with E-state index in [-0.39, 0.29) is 10.9 Å². The quantitative estimate of drug-likeness (QED) is 0.596. The number of methoxy groups -OCH3 is 1. The molecule has 0 aliphatic heterocycles. The molecule has 0 bridgehead atoms. The van der Waals surface area contributed by atoms with E-state index in [9.17, 15) is 13.2 Å². The van der Waals surface area contributed by atoms with E-state index in [4.69, 9.17) is 4.74 Å². The van der Waals surface area contributed by atoms with E-state index in [1.165, 1.54) is 12.1 Å². The van der Waals surface area contributed by atoms with Gasteiger partial charge in [-0.25, -0.2) is 17.9 Å². The van der Waals surface area contributed by atoms with Crippen LogP contribution in [0, 0.1) is 5.92 Å². The van der Waals surface area contributed by atoms with Gasteiger partial charge in [-0.3, -0.25) is 0 Å². The second-order valence-corrected chi connectivity index (χ2v) is 7.26. The second-order valence-electron chi connectivity index (χ2n) is 5.50. The first-order valence-electron chi connectivity index (χ1n) is 7.48. The number of hydrogen-bond acceptors (Lipinski definition) is 4. The van der Waals surface area contributed by atoms with Gasteiger partial charge in [0.2, 0.25) is 10.0 Å². The Labute approximate surface area is 137 Å². The van der Waals surface area contributed by atoms with E-state index in [1.807, 2.05) is 13.8 Å². The summed E-state index contributed by atoms with van der Waals surface area (Å²) in [5.74, 6) is 0.359. The Bertz CT molecular complexity index is 585. The van der Waals surface area contributed by atoms with E-state index >= 15 is 0 Å². The molecule has 0 radical (unpaired) electrons. The molecule has 7 nitrogen and oxygen atoms in total. The van der Waals surface area contributed by atoms with E-state index in [0.29, 0.717) is 37.7 Å². The Morgan fingerprint density at radius 1 is 1.22 bits per heavy atom. The monoisotopic (exact) mass is 343 g/mol. The number of amides is 2. The first-order valence-corrected chi connectivity index (χ1v) is 8.97. The van der Waals surface area contributed by atoms with Crippen LogP contribution in [0.4, 0.5) is 10.5 Å². The van der Waals surface area contributed by atoms with Gasteiger partial charge in [0.25, 0.3) is 0 Å². The number of urea groups is 1. The van der Waals surface area contributed by atoms with Crippen molar-refractivity contribution in [3.8, 4) is 0 Å². The molecular weight excluding hydrogens is 318 g/mol. The minimum atomic E-state index is -3.54. The van der Waals surface area contributed by atoms with Crippen LogP contribution in [-0.4, -0.2) is 41.3 Å². The first-order chi connectivity index (χ1) is 10.8. The number of ether oxygens (including phenoxy) is 1. The smallest absolute Gasteiger partial charge is 0.319 e. The van der Waals surface area contributed by atoms with Crippen LogP contribution in [0.1, 0.15) is 20.3 Å². The third-order valence-electron chi connectivity index (χ3n) is 2.91. The molecule has 23 heavy (non-hydrogen) atoms. The number of sulfonamides is 1. The summed E-state index contributed by atoms with van der Waals surface area (Å²) in [5, 5.41) is 5.38. The highest BCUT2D eigenvalue weighted by Gasteiger charge is 2.13. The number of carbonyl (C=O) groups excluding carboxylic acids is 1. The molecule has 0 saturated carbocycles. The van der Waals surface area contributed by atoms with Gasteiger partial charge in [0.1, 0.15) is 0 Å². The summed E-state index contributed by atoms with van der Waals surface area (Å²) in [4.78, 5) is 11.8. The van der Waals surface area contributed by atoms with Crippen LogP contribution in [0.3, 0.4) is 0 Å². The number of benzene rings is 1. The van der Waals surface area contributed by atoms with Gasteiger partial charge in [-0.1, -0.05) is 13.8 Å². The molecule has 0 atom stereocenters. The minimum absolute atomic E-state index is 0.156. The highest BCUT2D eigenvalue weighted by Crippen LogP contribution is 2.13. The van der Waals surface area contributed by atoms with Crippen LogP contribution >= 0.6 is 0 Å². The lowest BCUT2D eigenvalue weighted by atomic mass is 10.2. The minimum Gasteiger partial charge on any atom is -0.385 e. The molecule has 0 fully saturated rings. The topological polar surface area (TPSA) is 96.5 Å². The molecule has 8 heteroatoms. The predicted molar refractivity (Wildman–Crippen MR) is 90.0 cm³/mol. The average molecular weight is 343 g/mol. The number of anilines is 1. The lowest BCUT2D eigenvalue weighted by Gasteiger charge is -2.10. The van der Waals surface area contributed by atoms with E-state index in [1.54, 1.807) is 19.2 Å². The van der Waals surface area contributed by atoms with Crippen LogP contribution in [-0.2, 0) is 14.8 Å². The third kappa shape index (κ3) is 7.45. The molecule has 130 valence electrons. The Hall–Kier alpha value is -1.64. The van der Waals surface area contributed by atoms with Crippen molar-refractivity contribution < 1.29 is 17.9 Å². The Morgan fingerprint density at radius 3 is 2.43 bits per heavy atom.